The first kappa shape index (κ1) is 11.0. The van der Waals surface area contributed by atoms with Crippen molar-refractivity contribution in [2.75, 3.05) is 0 Å². The third-order valence-electron chi connectivity index (χ3n) is 3.35. The number of rotatable bonds is 2. The maximum Gasteiger partial charge on any atom is 0.0444 e. The third-order valence-corrected chi connectivity index (χ3v) is 3.67. The maximum atomic E-state index is 6.29. The lowest BCUT2D eigenvalue weighted by atomic mass is 9.84. The van der Waals surface area contributed by atoms with E-state index in [2.05, 4.69) is 12.1 Å². The van der Waals surface area contributed by atoms with E-state index in [1.165, 1.54) is 37.7 Å². The lowest BCUT2D eigenvalue weighted by Crippen LogP contribution is -2.06. The molecule has 0 aliphatic heterocycles. The van der Waals surface area contributed by atoms with Gasteiger partial charge in [-0.1, -0.05) is 43.0 Å². The predicted molar refractivity (Wildman–Crippen MR) is 65.2 cm³/mol. The van der Waals surface area contributed by atoms with Gasteiger partial charge in [-0.3, -0.25) is 0 Å². The van der Waals surface area contributed by atoms with Gasteiger partial charge in [0.25, 0.3) is 0 Å². The second kappa shape index (κ2) is 5.00. The third kappa shape index (κ3) is 2.53. The molecule has 1 fully saturated rings. The molecule has 0 heterocycles. The molecule has 0 atom stereocenters. The van der Waals surface area contributed by atoms with Crippen molar-refractivity contribution in [2.45, 2.75) is 44.6 Å². The number of benzene rings is 1. The van der Waals surface area contributed by atoms with Crippen LogP contribution < -0.4 is 5.73 Å². The van der Waals surface area contributed by atoms with Gasteiger partial charge in [0.15, 0.2) is 0 Å². The summed E-state index contributed by atoms with van der Waals surface area (Å²) < 4.78 is 0. The number of hydrogen-bond acceptors (Lipinski definition) is 1. The molecule has 0 radical (unpaired) electrons. The van der Waals surface area contributed by atoms with Crippen LogP contribution in [-0.4, -0.2) is 0 Å². The van der Waals surface area contributed by atoms with Crippen LogP contribution in [0.3, 0.4) is 0 Å². The van der Waals surface area contributed by atoms with Gasteiger partial charge in [0.1, 0.15) is 0 Å². The quantitative estimate of drug-likeness (QED) is 0.810. The molecule has 15 heavy (non-hydrogen) atoms. The summed E-state index contributed by atoms with van der Waals surface area (Å²) in [4.78, 5) is 0. The first-order chi connectivity index (χ1) is 7.31. The molecule has 1 saturated carbocycles. The second-order valence-electron chi connectivity index (χ2n) is 4.39. The Balaban J connectivity index is 2.19. The average Bonchev–Trinajstić information content (AvgIpc) is 2.30. The topological polar surface area (TPSA) is 26.0 Å². The van der Waals surface area contributed by atoms with Crippen molar-refractivity contribution in [1.29, 1.82) is 0 Å². The van der Waals surface area contributed by atoms with Crippen molar-refractivity contribution in [1.82, 2.24) is 0 Å². The van der Waals surface area contributed by atoms with Crippen LogP contribution in [-0.2, 0) is 6.54 Å². The van der Waals surface area contributed by atoms with E-state index >= 15 is 0 Å². The second-order valence-corrected chi connectivity index (χ2v) is 4.80. The van der Waals surface area contributed by atoms with Gasteiger partial charge in [0.2, 0.25) is 0 Å². The molecule has 2 rings (SSSR count). The summed E-state index contributed by atoms with van der Waals surface area (Å²) in [5.41, 5.74) is 8.04. The number of halogens is 1. The molecule has 1 nitrogen and oxygen atoms in total. The molecule has 0 saturated heterocycles. The molecule has 0 amide bonds. The zero-order chi connectivity index (χ0) is 10.7. The Morgan fingerprint density at radius 1 is 1.20 bits per heavy atom. The first-order valence-electron chi connectivity index (χ1n) is 5.79. The lowest BCUT2D eigenvalue weighted by Gasteiger charge is -2.23. The Kier molecular flexibility index (Phi) is 3.66. The van der Waals surface area contributed by atoms with Crippen molar-refractivity contribution in [3.63, 3.8) is 0 Å². The van der Waals surface area contributed by atoms with Crippen LogP contribution >= 0.6 is 11.6 Å². The molecule has 1 aliphatic carbocycles. The Bertz CT molecular complexity index is 329. The highest BCUT2D eigenvalue weighted by Gasteiger charge is 2.17. The summed E-state index contributed by atoms with van der Waals surface area (Å²) in [5.74, 6) is 0.679. The van der Waals surface area contributed by atoms with Gasteiger partial charge >= 0.3 is 0 Å². The minimum atomic E-state index is 0.574. The van der Waals surface area contributed by atoms with Gasteiger partial charge < -0.3 is 5.73 Å². The molecule has 1 aliphatic rings. The lowest BCUT2D eigenvalue weighted by molar-refractivity contribution is 0.443. The van der Waals surface area contributed by atoms with Crippen LogP contribution in [0.2, 0.25) is 5.02 Å². The summed E-state index contributed by atoms with van der Waals surface area (Å²) in [7, 11) is 0. The smallest absolute Gasteiger partial charge is 0.0444 e. The van der Waals surface area contributed by atoms with Crippen molar-refractivity contribution in [3.05, 3.63) is 34.3 Å². The monoisotopic (exact) mass is 223 g/mol. The minimum Gasteiger partial charge on any atom is -0.326 e. The van der Waals surface area contributed by atoms with Gasteiger partial charge in [-0.05, 0) is 36.0 Å². The molecular weight excluding hydrogens is 206 g/mol. The van der Waals surface area contributed by atoms with E-state index < -0.39 is 0 Å². The fourth-order valence-electron chi connectivity index (χ4n) is 2.44. The van der Waals surface area contributed by atoms with E-state index in [0.717, 1.165) is 10.6 Å². The highest BCUT2D eigenvalue weighted by molar-refractivity contribution is 6.31. The van der Waals surface area contributed by atoms with E-state index in [1.54, 1.807) is 0 Å². The Morgan fingerprint density at radius 2 is 1.93 bits per heavy atom. The Hall–Kier alpha value is -0.530. The van der Waals surface area contributed by atoms with E-state index in [0.29, 0.717) is 12.5 Å². The standard InChI is InChI=1S/C13H18ClN/c14-13-8-10(9-15)6-7-12(13)11-4-2-1-3-5-11/h6-8,11H,1-5,9,15H2. The van der Waals surface area contributed by atoms with E-state index in [1.807, 2.05) is 6.07 Å². The molecule has 0 aromatic heterocycles. The normalized spacial score (nSPS) is 18.0. The maximum absolute atomic E-state index is 6.29. The molecule has 82 valence electrons. The van der Waals surface area contributed by atoms with Gasteiger partial charge in [-0.25, -0.2) is 0 Å². The zero-order valence-corrected chi connectivity index (χ0v) is 9.76. The molecular formula is C13H18ClN. The average molecular weight is 224 g/mol. The van der Waals surface area contributed by atoms with Crippen LogP contribution in [0.1, 0.15) is 49.1 Å². The van der Waals surface area contributed by atoms with E-state index in [-0.39, 0.29) is 0 Å². The molecule has 1 aromatic rings. The molecule has 0 bridgehead atoms. The van der Waals surface area contributed by atoms with Crippen molar-refractivity contribution >= 4 is 11.6 Å². The Morgan fingerprint density at radius 3 is 2.53 bits per heavy atom. The van der Waals surface area contributed by atoms with Gasteiger partial charge in [0.05, 0.1) is 0 Å². The van der Waals surface area contributed by atoms with Crippen molar-refractivity contribution < 1.29 is 0 Å². The van der Waals surface area contributed by atoms with Crippen LogP contribution in [0.25, 0.3) is 0 Å². The summed E-state index contributed by atoms with van der Waals surface area (Å²) in [5, 5.41) is 0.907. The predicted octanol–water partition coefficient (Wildman–Crippen LogP) is 3.85. The molecule has 0 unspecified atom stereocenters. The summed E-state index contributed by atoms with van der Waals surface area (Å²) in [6.07, 6.45) is 6.66. The van der Waals surface area contributed by atoms with Crippen LogP contribution in [0.4, 0.5) is 0 Å². The highest BCUT2D eigenvalue weighted by Crippen LogP contribution is 2.36. The fraction of sp³-hybridized carbons (Fsp3) is 0.538. The highest BCUT2D eigenvalue weighted by atomic mass is 35.5. The summed E-state index contributed by atoms with van der Waals surface area (Å²) >= 11 is 6.29. The molecule has 0 spiro atoms. The molecule has 1 aromatic carbocycles. The number of hydrogen-bond donors (Lipinski definition) is 1. The number of nitrogens with two attached hydrogens (primary N) is 1. The van der Waals surface area contributed by atoms with Crippen LogP contribution in [0, 0.1) is 0 Å². The van der Waals surface area contributed by atoms with Gasteiger partial charge in [-0.2, -0.15) is 0 Å². The van der Waals surface area contributed by atoms with Crippen LogP contribution in [0.5, 0.6) is 0 Å². The Labute approximate surface area is 96.6 Å². The minimum absolute atomic E-state index is 0.574. The van der Waals surface area contributed by atoms with E-state index in [4.69, 9.17) is 17.3 Å². The molecule has 2 N–H and O–H groups in total. The summed E-state index contributed by atoms with van der Waals surface area (Å²) in [6.45, 7) is 0.574. The van der Waals surface area contributed by atoms with E-state index in [9.17, 15) is 0 Å². The molecule has 2 heteroatoms. The van der Waals surface area contributed by atoms with Gasteiger partial charge in [-0.15, -0.1) is 0 Å². The first-order valence-corrected chi connectivity index (χ1v) is 6.17. The van der Waals surface area contributed by atoms with Gasteiger partial charge in [0, 0.05) is 11.6 Å². The van der Waals surface area contributed by atoms with Crippen molar-refractivity contribution in [2.24, 2.45) is 5.73 Å². The van der Waals surface area contributed by atoms with Crippen LogP contribution in [0.15, 0.2) is 18.2 Å². The largest absolute Gasteiger partial charge is 0.326 e. The SMILES string of the molecule is NCc1ccc(C2CCCCC2)c(Cl)c1. The fourth-order valence-corrected chi connectivity index (χ4v) is 2.80. The summed E-state index contributed by atoms with van der Waals surface area (Å²) in [6, 6.07) is 6.29. The zero-order valence-electron chi connectivity index (χ0n) is 9.01. The van der Waals surface area contributed by atoms with Crippen molar-refractivity contribution in [3.8, 4) is 0 Å².